The van der Waals surface area contributed by atoms with Crippen LogP contribution in [0.4, 0.5) is 0 Å². The topological polar surface area (TPSA) is 90.6 Å². The fourth-order valence-corrected chi connectivity index (χ4v) is 1.38. The lowest BCUT2D eigenvalue weighted by molar-refractivity contribution is -0.124. The number of carbonyl (C=O) groups is 2. The average Bonchev–Trinajstić information content (AvgIpc) is 2.31. The second-order valence-corrected chi connectivity index (χ2v) is 3.74. The smallest absolute Gasteiger partial charge is 0.236 e. The molecule has 0 fully saturated rings. The summed E-state index contributed by atoms with van der Waals surface area (Å²) in [5.41, 5.74) is 4.90. The van der Waals surface area contributed by atoms with Crippen LogP contribution in [0.3, 0.4) is 0 Å². The Hall–Kier alpha value is -1.14. The van der Waals surface area contributed by atoms with Gasteiger partial charge >= 0.3 is 0 Å². The van der Waals surface area contributed by atoms with Gasteiger partial charge in [-0.2, -0.15) is 0 Å². The van der Waals surface area contributed by atoms with Crippen molar-refractivity contribution in [2.45, 2.75) is 38.4 Å². The van der Waals surface area contributed by atoms with E-state index in [4.69, 9.17) is 15.2 Å². The van der Waals surface area contributed by atoms with Gasteiger partial charge < -0.3 is 20.5 Å². The maximum atomic E-state index is 11.2. The third-order valence-electron chi connectivity index (χ3n) is 2.33. The van der Waals surface area contributed by atoms with E-state index in [1.54, 1.807) is 14.2 Å². The van der Waals surface area contributed by atoms with Gasteiger partial charge in [-0.15, -0.1) is 0 Å². The van der Waals surface area contributed by atoms with Gasteiger partial charge in [0.2, 0.25) is 11.8 Å². The molecule has 0 saturated carbocycles. The number of unbranched alkanes of at least 4 members (excludes halogenated alkanes) is 2. The zero-order chi connectivity index (χ0) is 13.1. The van der Waals surface area contributed by atoms with E-state index in [-0.39, 0.29) is 18.7 Å². The Kier molecular flexibility index (Phi) is 9.37. The second-order valence-electron chi connectivity index (χ2n) is 3.74. The predicted molar refractivity (Wildman–Crippen MR) is 63.1 cm³/mol. The van der Waals surface area contributed by atoms with Crippen molar-refractivity contribution in [3.8, 4) is 0 Å². The minimum atomic E-state index is -0.526. The van der Waals surface area contributed by atoms with Crippen LogP contribution in [0, 0.1) is 0 Å². The van der Waals surface area contributed by atoms with E-state index in [1.165, 1.54) is 0 Å². The van der Waals surface area contributed by atoms with E-state index in [9.17, 15) is 9.59 Å². The van der Waals surface area contributed by atoms with E-state index in [2.05, 4.69) is 5.32 Å². The van der Waals surface area contributed by atoms with Gasteiger partial charge in [-0.05, 0) is 19.3 Å². The molecule has 6 heteroatoms. The number of nitrogens with two attached hydrogens (primary N) is 1. The summed E-state index contributed by atoms with van der Waals surface area (Å²) in [5, 5.41) is 2.44. The first-order valence-electron chi connectivity index (χ1n) is 5.70. The Morgan fingerprint density at radius 3 is 2.35 bits per heavy atom. The number of hydrogen-bond acceptors (Lipinski definition) is 4. The standard InChI is InChI=1S/C11H22N2O4/c1-16-11(17-2)7-5-3-4-6-10(15)13-8-9(12)14/h11H,3-8H2,1-2H3,(H2,12,14)(H,13,15). The van der Waals surface area contributed by atoms with E-state index in [1.807, 2.05) is 0 Å². The molecule has 0 radical (unpaired) electrons. The Labute approximate surface area is 102 Å². The Bertz CT molecular complexity index is 230. The third-order valence-corrected chi connectivity index (χ3v) is 2.33. The number of rotatable bonds is 10. The first-order valence-corrected chi connectivity index (χ1v) is 5.70. The maximum absolute atomic E-state index is 11.2. The van der Waals surface area contributed by atoms with Gasteiger partial charge in [0.1, 0.15) is 0 Å². The molecule has 0 aromatic rings. The molecule has 0 atom stereocenters. The summed E-state index contributed by atoms with van der Waals surface area (Å²) in [4.78, 5) is 21.6. The summed E-state index contributed by atoms with van der Waals surface area (Å²) in [5.74, 6) is -0.666. The fraction of sp³-hybridized carbons (Fsp3) is 0.818. The molecular formula is C11H22N2O4. The number of ether oxygens (including phenoxy) is 2. The van der Waals surface area contributed by atoms with Crippen LogP contribution < -0.4 is 11.1 Å². The first kappa shape index (κ1) is 15.9. The minimum Gasteiger partial charge on any atom is -0.368 e. The molecule has 0 heterocycles. The number of amides is 2. The molecule has 3 N–H and O–H groups in total. The van der Waals surface area contributed by atoms with Crippen LogP contribution in [0.1, 0.15) is 32.1 Å². The molecule has 0 bridgehead atoms. The third kappa shape index (κ3) is 9.77. The predicted octanol–water partition coefficient (Wildman–Crippen LogP) is 0.157. The van der Waals surface area contributed by atoms with Crippen molar-refractivity contribution in [2.24, 2.45) is 5.73 Å². The second kappa shape index (κ2) is 10.0. The summed E-state index contributed by atoms with van der Waals surface area (Å²) in [7, 11) is 3.21. The van der Waals surface area contributed by atoms with Crippen molar-refractivity contribution in [1.29, 1.82) is 0 Å². The Morgan fingerprint density at radius 1 is 1.18 bits per heavy atom. The molecular weight excluding hydrogens is 224 g/mol. The summed E-state index contributed by atoms with van der Waals surface area (Å²) < 4.78 is 10.1. The molecule has 17 heavy (non-hydrogen) atoms. The lowest BCUT2D eigenvalue weighted by Gasteiger charge is -2.12. The monoisotopic (exact) mass is 246 g/mol. The van der Waals surface area contributed by atoms with Gasteiger partial charge in [0.15, 0.2) is 6.29 Å². The zero-order valence-electron chi connectivity index (χ0n) is 10.5. The van der Waals surface area contributed by atoms with Crippen molar-refractivity contribution < 1.29 is 19.1 Å². The van der Waals surface area contributed by atoms with E-state index < -0.39 is 5.91 Å². The van der Waals surface area contributed by atoms with Crippen molar-refractivity contribution in [3.05, 3.63) is 0 Å². The fourth-order valence-electron chi connectivity index (χ4n) is 1.38. The molecule has 0 spiro atoms. The zero-order valence-corrected chi connectivity index (χ0v) is 10.5. The minimum absolute atomic E-state index is 0.0890. The molecule has 0 unspecified atom stereocenters. The van der Waals surface area contributed by atoms with Crippen molar-refractivity contribution in [2.75, 3.05) is 20.8 Å². The highest BCUT2D eigenvalue weighted by atomic mass is 16.7. The molecule has 6 nitrogen and oxygen atoms in total. The molecule has 0 rings (SSSR count). The molecule has 2 amide bonds. The number of nitrogens with one attached hydrogen (secondary N) is 1. The molecule has 100 valence electrons. The van der Waals surface area contributed by atoms with Crippen LogP contribution in [0.15, 0.2) is 0 Å². The number of primary amides is 1. The SMILES string of the molecule is COC(CCCCCC(=O)NCC(N)=O)OC. The first-order chi connectivity index (χ1) is 8.10. The highest BCUT2D eigenvalue weighted by Gasteiger charge is 2.05. The van der Waals surface area contributed by atoms with Crippen molar-refractivity contribution in [3.63, 3.8) is 0 Å². The van der Waals surface area contributed by atoms with Crippen LogP contribution in [0.25, 0.3) is 0 Å². The van der Waals surface area contributed by atoms with Gasteiger partial charge in [-0.1, -0.05) is 6.42 Å². The lowest BCUT2D eigenvalue weighted by Crippen LogP contribution is -2.33. The summed E-state index contributed by atoms with van der Waals surface area (Å²) in [6.45, 7) is -0.0890. The number of hydrogen-bond donors (Lipinski definition) is 2. The molecule has 0 aliphatic carbocycles. The molecule has 0 aliphatic rings. The van der Waals surface area contributed by atoms with Crippen LogP contribution in [-0.4, -0.2) is 38.9 Å². The van der Waals surface area contributed by atoms with Crippen LogP contribution >= 0.6 is 0 Å². The Morgan fingerprint density at radius 2 is 1.82 bits per heavy atom. The number of carbonyl (C=O) groups excluding carboxylic acids is 2. The molecule has 0 saturated heterocycles. The van der Waals surface area contributed by atoms with Gasteiger partial charge in [0, 0.05) is 20.6 Å². The van der Waals surface area contributed by atoms with E-state index in [0.717, 1.165) is 25.7 Å². The van der Waals surface area contributed by atoms with Gasteiger partial charge in [0.05, 0.1) is 6.54 Å². The van der Waals surface area contributed by atoms with Gasteiger partial charge in [-0.25, -0.2) is 0 Å². The van der Waals surface area contributed by atoms with Crippen LogP contribution in [-0.2, 0) is 19.1 Å². The highest BCUT2D eigenvalue weighted by molar-refractivity contribution is 5.83. The van der Waals surface area contributed by atoms with Gasteiger partial charge in [-0.3, -0.25) is 9.59 Å². The van der Waals surface area contributed by atoms with Crippen molar-refractivity contribution in [1.82, 2.24) is 5.32 Å². The number of methoxy groups -OCH3 is 2. The van der Waals surface area contributed by atoms with Gasteiger partial charge in [0.25, 0.3) is 0 Å². The van der Waals surface area contributed by atoms with E-state index in [0.29, 0.717) is 6.42 Å². The molecule has 0 aliphatic heterocycles. The Balaban J connectivity index is 3.38. The largest absolute Gasteiger partial charge is 0.368 e. The maximum Gasteiger partial charge on any atom is 0.236 e. The van der Waals surface area contributed by atoms with Crippen LogP contribution in [0.5, 0.6) is 0 Å². The summed E-state index contributed by atoms with van der Waals surface area (Å²) in [6, 6.07) is 0. The lowest BCUT2D eigenvalue weighted by atomic mass is 10.1. The molecule has 0 aromatic carbocycles. The van der Waals surface area contributed by atoms with Crippen LogP contribution in [0.2, 0.25) is 0 Å². The molecule has 0 aromatic heterocycles. The van der Waals surface area contributed by atoms with E-state index >= 15 is 0 Å². The summed E-state index contributed by atoms with van der Waals surface area (Å²) in [6.07, 6.45) is 3.71. The summed E-state index contributed by atoms with van der Waals surface area (Å²) >= 11 is 0. The highest BCUT2D eigenvalue weighted by Crippen LogP contribution is 2.08. The average molecular weight is 246 g/mol. The quantitative estimate of drug-likeness (QED) is 0.424. The van der Waals surface area contributed by atoms with Crippen molar-refractivity contribution >= 4 is 11.8 Å². The normalized spacial score (nSPS) is 10.5.